The molecular formula is C28H39N5O5. The van der Waals surface area contributed by atoms with E-state index in [9.17, 15) is 9.59 Å². The number of rotatable bonds is 8. The van der Waals surface area contributed by atoms with Crippen molar-refractivity contribution in [3.63, 3.8) is 0 Å². The molecule has 10 heteroatoms. The summed E-state index contributed by atoms with van der Waals surface area (Å²) in [5.74, 6) is 1.26. The Morgan fingerprint density at radius 3 is 2.55 bits per heavy atom. The molecule has 0 aliphatic carbocycles. The van der Waals surface area contributed by atoms with Crippen LogP contribution >= 0.6 is 0 Å². The van der Waals surface area contributed by atoms with Gasteiger partial charge in [0.15, 0.2) is 0 Å². The first-order chi connectivity index (χ1) is 18.1. The number of anilines is 2. The number of carbonyl (C=O) groups excluding carboxylic acids is 2. The zero-order chi connectivity index (χ0) is 27.3. The van der Waals surface area contributed by atoms with E-state index in [1.807, 2.05) is 58.0 Å². The molecule has 3 heterocycles. The fourth-order valence-electron chi connectivity index (χ4n) is 4.95. The van der Waals surface area contributed by atoms with Gasteiger partial charge >= 0.3 is 12.2 Å². The molecule has 2 aromatic rings. The zero-order valence-corrected chi connectivity index (χ0v) is 22.9. The molecule has 1 unspecified atom stereocenters. The van der Waals surface area contributed by atoms with Crippen molar-refractivity contribution >= 4 is 24.0 Å². The molecule has 2 aliphatic rings. The van der Waals surface area contributed by atoms with Gasteiger partial charge in [0, 0.05) is 25.3 Å². The molecule has 0 bridgehead atoms. The molecular weight excluding hydrogens is 486 g/mol. The quantitative estimate of drug-likeness (QED) is 0.521. The van der Waals surface area contributed by atoms with Gasteiger partial charge in [0.2, 0.25) is 5.95 Å². The smallest absolute Gasteiger partial charge is 0.416 e. The van der Waals surface area contributed by atoms with Crippen LogP contribution < -0.4 is 10.2 Å². The third-order valence-corrected chi connectivity index (χ3v) is 6.94. The van der Waals surface area contributed by atoms with Crippen LogP contribution in [0.15, 0.2) is 42.6 Å². The second-order valence-corrected chi connectivity index (χ2v) is 11.0. The standard InChI is InChI=1S/C28H39N5O5/c1-19(22-12-15-32(16-13-22)26(34)36-17-21-9-7-6-8-10-21)30-25-29-14-11-24(31-25)33-23(18-37-27(33)35)20(2)38-28(3,4)5/h6-11,14,19-20,22-23H,12-13,15-18H2,1-5H3,(H,29,30,31)/t19-,20-,23?/m0/s1. The molecule has 0 saturated carbocycles. The highest BCUT2D eigenvalue weighted by Crippen LogP contribution is 2.28. The predicted octanol–water partition coefficient (Wildman–Crippen LogP) is 4.85. The van der Waals surface area contributed by atoms with Crippen LogP contribution in [-0.4, -0.2) is 70.5 Å². The van der Waals surface area contributed by atoms with E-state index in [0.29, 0.717) is 30.8 Å². The molecule has 1 aromatic heterocycles. The van der Waals surface area contributed by atoms with Crippen molar-refractivity contribution in [2.75, 3.05) is 29.9 Å². The van der Waals surface area contributed by atoms with Gasteiger partial charge in [-0.05, 0) is 65.0 Å². The molecule has 2 amide bonds. The van der Waals surface area contributed by atoms with Crippen LogP contribution in [0.3, 0.4) is 0 Å². The van der Waals surface area contributed by atoms with E-state index in [1.54, 1.807) is 22.1 Å². The normalized spacial score (nSPS) is 20.1. The summed E-state index contributed by atoms with van der Waals surface area (Å²) in [4.78, 5) is 37.4. The van der Waals surface area contributed by atoms with Crippen molar-refractivity contribution in [3.05, 3.63) is 48.2 Å². The van der Waals surface area contributed by atoms with Crippen LogP contribution in [0.2, 0.25) is 0 Å². The van der Waals surface area contributed by atoms with E-state index >= 15 is 0 Å². The number of nitrogens with zero attached hydrogens (tertiary/aromatic N) is 4. The maximum atomic E-state index is 12.6. The number of amides is 2. The largest absolute Gasteiger partial charge is 0.447 e. The second-order valence-electron chi connectivity index (χ2n) is 11.0. The van der Waals surface area contributed by atoms with Gasteiger partial charge in [-0.3, -0.25) is 4.90 Å². The first-order valence-electron chi connectivity index (χ1n) is 13.3. The number of hydrogen-bond donors (Lipinski definition) is 1. The third-order valence-electron chi connectivity index (χ3n) is 6.94. The van der Waals surface area contributed by atoms with Gasteiger partial charge in [-0.2, -0.15) is 4.98 Å². The number of likely N-dealkylation sites (tertiary alicyclic amines) is 1. The first kappa shape index (κ1) is 27.6. The molecule has 0 spiro atoms. The van der Waals surface area contributed by atoms with Gasteiger partial charge in [0.05, 0.1) is 11.7 Å². The maximum absolute atomic E-state index is 12.6. The summed E-state index contributed by atoms with van der Waals surface area (Å²) in [6.07, 6.45) is 2.37. The molecule has 1 aromatic carbocycles. The average Bonchev–Trinajstić information content (AvgIpc) is 3.28. The van der Waals surface area contributed by atoms with Crippen molar-refractivity contribution in [3.8, 4) is 0 Å². The highest BCUT2D eigenvalue weighted by Gasteiger charge is 2.40. The van der Waals surface area contributed by atoms with E-state index in [-0.39, 0.29) is 43.1 Å². The summed E-state index contributed by atoms with van der Waals surface area (Å²) in [7, 11) is 0. The van der Waals surface area contributed by atoms with E-state index in [2.05, 4.69) is 22.2 Å². The number of ether oxygens (including phenoxy) is 3. The molecule has 0 radical (unpaired) electrons. The molecule has 2 saturated heterocycles. The van der Waals surface area contributed by atoms with E-state index in [1.165, 1.54) is 0 Å². The summed E-state index contributed by atoms with van der Waals surface area (Å²) in [5.41, 5.74) is 0.624. The number of carbonyl (C=O) groups is 2. The van der Waals surface area contributed by atoms with Gasteiger partial charge in [-0.15, -0.1) is 0 Å². The second kappa shape index (κ2) is 12.0. The van der Waals surface area contributed by atoms with Crippen molar-refractivity contribution in [2.24, 2.45) is 5.92 Å². The van der Waals surface area contributed by atoms with E-state index in [4.69, 9.17) is 14.2 Å². The third kappa shape index (κ3) is 7.12. The fourth-order valence-corrected chi connectivity index (χ4v) is 4.95. The lowest BCUT2D eigenvalue weighted by molar-refractivity contribution is -0.0618. The number of aromatic nitrogens is 2. The van der Waals surface area contributed by atoms with Crippen molar-refractivity contribution in [1.29, 1.82) is 0 Å². The van der Waals surface area contributed by atoms with Crippen LogP contribution in [0.5, 0.6) is 0 Å². The lowest BCUT2D eigenvalue weighted by Gasteiger charge is -2.34. The minimum Gasteiger partial charge on any atom is -0.447 e. The van der Waals surface area contributed by atoms with Gasteiger partial charge in [-0.25, -0.2) is 14.6 Å². The average molecular weight is 526 g/mol. The molecule has 206 valence electrons. The highest BCUT2D eigenvalue weighted by molar-refractivity contribution is 5.89. The molecule has 2 fully saturated rings. The Hall–Kier alpha value is -3.40. The predicted molar refractivity (Wildman–Crippen MR) is 144 cm³/mol. The maximum Gasteiger partial charge on any atom is 0.416 e. The lowest BCUT2D eigenvalue weighted by Crippen LogP contribution is -2.45. The monoisotopic (exact) mass is 525 g/mol. The summed E-state index contributed by atoms with van der Waals surface area (Å²) < 4.78 is 16.9. The van der Waals surface area contributed by atoms with Gasteiger partial charge in [-0.1, -0.05) is 30.3 Å². The summed E-state index contributed by atoms with van der Waals surface area (Å²) >= 11 is 0. The number of benzene rings is 1. The highest BCUT2D eigenvalue weighted by atomic mass is 16.6. The minimum absolute atomic E-state index is 0.0808. The summed E-state index contributed by atoms with van der Waals surface area (Å²) in [5, 5.41) is 3.40. The minimum atomic E-state index is -0.441. The Kier molecular flexibility index (Phi) is 8.71. The van der Waals surface area contributed by atoms with E-state index < -0.39 is 6.09 Å². The Balaban J connectivity index is 1.31. The van der Waals surface area contributed by atoms with Crippen molar-refractivity contribution in [2.45, 2.75) is 77.9 Å². The molecule has 10 nitrogen and oxygen atoms in total. The van der Waals surface area contributed by atoms with E-state index in [0.717, 1.165) is 18.4 Å². The zero-order valence-electron chi connectivity index (χ0n) is 22.9. The Morgan fingerprint density at radius 1 is 1.16 bits per heavy atom. The molecule has 38 heavy (non-hydrogen) atoms. The molecule has 4 rings (SSSR count). The number of hydrogen-bond acceptors (Lipinski definition) is 8. The molecule has 1 N–H and O–H groups in total. The van der Waals surface area contributed by atoms with Gasteiger partial charge < -0.3 is 24.4 Å². The van der Waals surface area contributed by atoms with Gasteiger partial charge in [0.25, 0.3) is 0 Å². The Morgan fingerprint density at radius 2 is 1.87 bits per heavy atom. The Labute approximate surface area is 224 Å². The fraction of sp³-hybridized carbons (Fsp3) is 0.571. The summed E-state index contributed by atoms with van der Waals surface area (Å²) in [6.45, 7) is 11.8. The van der Waals surface area contributed by atoms with Crippen LogP contribution in [0, 0.1) is 5.92 Å². The van der Waals surface area contributed by atoms with Crippen LogP contribution in [0.4, 0.5) is 21.4 Å². The molecule has 3 atom stereocenters. The SMILES string of the molecule is C[C@H](Nc1nccc(N2C(=O)OCC2[C@H](C)OC(C)(C)C)n1)C1CCN(C(=O)OCc2ccccc2)CC1. The van der Waals surface area contributed by atoms with Gasteiger partial charge in [0.1, 0.15) is 25.1 Å². The number of cyclic esters (lactones) is 1. The van der Waals surface area contributed by atoms with Crippen LogP contribution in [0.1, 0.15) is 53.0 Å². The molecule has 2 aliphatic heterocycles. The lowest BCUT2D eigenvalue weighted by atomic mass is 9.90. The van der Waals surface area contributed by atoms with Crippen molar-refractivity contribution < 1.29 is 23.8 Å². The van der Waals surface area contributed by atoms with Crippen LogP contribution in [-0.2, 0) is 20.8 Å². The van der Waals surface area contributed by atoms with Crippen molar-refractivity contribution in [1.82, 2.24) is 14.9 Å². The number of nitrogens with one attached hydrogen (secondary N) is 1. The topological polar surface area (TPSA) is 106 Å². The first-order valence-corrected chi connectivity index (χ1v) is 13.3. The Bertz CT molecular complexity index is 1080. The van der Waals surface area contributed by atoms with Crippen LogP contribution in [0.25, 0.3) is 0 Å². The summed E-state index contributed by atoms with van der Waals surface area (Å²) in [6, 6.07) is 11.2. The number of piperidine rings is 1.